The minimum Gasteiger partial charge on any atom is -0.350 e. The van der Waals surface area contributed by atoms with Gasteiger partial charge in [-0.05, 0) is 51.0 Å². The van der Waals surface area contributed by atoms with Gasteiger partial charge in [-0.3, -0.25) is 13.9 Å². The summed E-state index contributed by atoms with van der Waals surface area (Å²) in [4.78, 5) is 29.0. The summed E-state index contributed by atoms with van der Waals surface area (Å²) in [5, 5.41) is 2.94. The van der Waals surface area contributed by atoms with Crippen molar-refractivity contribution in [2.24, 2.45) is 0 Å². The van der Waals surface area contributed by atoms with E-state index in [1.165, 1.54) is 4.90 Å². The number of halogens is 2. The number of rotatable bonds is 10. The molecular weight excluding hydrogens is 536 g/mol. The third-order valence-electron chi connectivity index (χ3n) is 6.11. The number of hydrogen-bond acceptors (Lipinski definition) is 4. The van der Waals surface area contributed by atoms with Gasteiger partial charge in [-0.2, -0.15) is 0 Å². The van der Waals surface area contributed by atoms with Crippen LogP contribution >= 0.6 is 0 Å². The molecule has 1 atom stereocenters. The monoisotopic (exact) mass is 571 g/mol. The molecule has 0 unspecified atom stereocenters. The fraction of sp³-hybridized carbons (Fsp3) is 0.333. The van der Waals surface area contributed by atoms with E-state index in [-0.39, 0.29) is 18.7 Å². The van der Waals surface area contributed by atoms with Gasteiger partial charge in [0.25, 0.3) is 0 Å². The summed E-state index contributed by atoms with van der Waals surface area (Å²) in [6.07, 6.45) is 1.05. The topological polar surface area (TPSA) is 86.8 Å². The number of sulfonamides is 1. The van der Waals surface area contributed by atoms with Crippen LogP contribution in [0.1, 0.15) is 37.5 Å². The van der Waals surface area contributed by atoms with E-state index in [1.54, 1.807) is 0 Å². The summed E-state index contributed by atoms with van der Waals surface area (Å²) in [5.74, 6) is -3.48. The fourth-order valence-corrected chi connectivity index (χ4v) is 4.99. The van der Waals surface area contributed by atoms with Gasteiger partial charge in [-0.1, -0.05) is 60.2 Å². The maximum Gasteiger partial charge on any atom is 0.244 e. The molecule has 0 fully saturated rings. The normalized spacial score (nSPS) is 12.5. The molecule has 0 spiro atoms. The zero-order valence-electron chi connectivity index (χ0n) is 23.3. The Morgan fingerprint density at radius 3 is 2.08 bits per heavy atom. The molecule has 3 rings (SSSR count). The standard InChI is InChI=1S/C30H35F2N3O4S/c1-21-11-13-23(14-12-21)19-34(27(29(37)33-30(2,3)4)17-22-9-7-6-8-10-22)28(36)20-35(40(5,38)39)24-15-16-25(31)26(32)18-24/h6-16,18,27H,17,19-20H2,1-5H3,(H,33,37)/t27-/m1/s1. The number of hydrogen-bond donors (Lipinski definition) is 1. The van der Waals surface area contributed by atoms with Crippen molar-refractivity contribution >= 4 is 27.5 Å². The number of amides is 2. The third-order valence-corrected chi connectivity index (χ3v) is 7.25. The van der Waals surface area contributed by atoms with Crippen LogP contribution in [0.2, 0.25) is 0 Å². The van der Waals surface area contributed by atoms with Crippen LogP contribution in [0.5, 0.6) is 0 Å². The Hall–Kier alpha value is -3.79. The molecule has 3 aromatic carbocycles. The van der Waals surface area contributed by atoms with Crippen molar-refractivity contribution in [3.05, 3.63) is 101 Å². The molecule has 214 valence electrons. The molecule has 0 saturated heterocycles. The zero-order chi connectivity index (χ0) is 29.7. The Kier molecular flexibility index (Phi) is 9.68. The van der Waals surface area contributed by atoms with E-state index in [0.29, 0.717) is 4.31 Å². The summed E-state index contributed by atoms with van der Waals surface area (Å²) in [5.41, 5.74) is 1.74. The van der Waals surface area contributed by atoms with Gasteiger partial charge in [-0.15, -0.1) is 0 Å². The predicted octanol–water partition coefficient (Wildman–Crippen LogP) is 4.59. The highest BCUT2D eigenvalue weighted by molar-refractivity contribution is 7.92. The summed E-state index contributed by atoms with van der Waals surface area (Å²) >= 11 is 0. The highest BCUT2D eigenvalue weighted by Crippen LogP contribution is 2.23. The van der Waals surface area contributed by atoms with Crippen LogP contribution in [0.25, 0.3) is 0 Å². The molecule has 7 nitrogen and oxygen atoms in total. The molecule has 0 aliphatic heterocycles. The van der Waals surface area contributed by atoms with Gasteiger partial charge in [-0.25, -0.2) is 17.2 Å². The first kappa shape index (κ1) is 30.7. The van der Waals surface area contributed by atoms with Crippen LogP contribution in [0.4, 0.5) is 14.5 Å². The molecule has 1 N–H and O–H groups in total. The molecule has 0 aliphatic rings. The maximum atomic E-state index is 14.0. The predicted molar refractivity (Wildman–Crippen MR) is 152 cm³/mol. The number of carbonyl (C=O) groups excluding carboxylic acids is 2. The van der Waals surface area contributed by atoms with Crippen molar-refractivity contribution in [2.75, 3.05) is 17.1 Å². The number of nitrogens with zero attached hydrogens (tertiary/aromatic N) is 2. The van der Waals surface area contributed by atoms with Crippen LogP contribution in [-0.4, -0.2) is 49.5 Å². The van der Waals surface area contributed by atoms with E-state index in [9.17, 15) is 26.8 Å². The molecule has 0 radical (unpaired) electrons. The van der Waals surface area contributed by atoms with Crippen LogP contribution in [0.3, 0.4) is 0 Å². The van der Waals surface area contributed by atoms with Crippen molar-refractivity contribution in [1.29, 1.82) is 0 Å². The Labute approximate surface area is 234 Å². The SMILES string of the molecule is Cc1ccc(CN(C(=O)CN(c2ccc(F)c(F)c2)S(C)(=O)=O)[C@H](Cc2ccccc2)C(=O)NC(C)(C)C)cc1. The average Bonchev–Trinajstić information content (AvgIpc) is 2.86. The molecule has 0 bridgehead atoms. The highest BCUT2D eigenvalue weighted by Gasteiger charge is 2.34. The lowest BCUT2D eigenvalue weighted by Crippen LogP contribution is -2.56. The number of nitrogens with one attached hydrogen (secondary N) is 1. The highest BCUT2D eigenvalue weighted by atomic mass is 32.2. The van der Waals surface area contributed by atoms with Crippen LogP contribution in [0, 0.1) is 18.6 Å². The van der Waals surface area contributed by atoms with Crippen molar-refractivity contribution in [3.8, 4) is 0 Å². The van der Waals surface area contributed by atoms with Crippen molar-refractivity contribution in [1.82, 2.24) is 10.2 Å². The quantitative estimate of drug-likeness (QED) is 0.386. The van der Waals surface area contributed by atoms with Crippen LogP contribution in [0.15, 0.2) is 72.8 Å². The van der Waals surface area contributed by atoms with E-state index >= 15 is 0 Å². The van der Waals surface area contributed by atoms with Gasteiger partial charge >= 0.3 is 0 Å². The van der Waals surface area contributed by atoms with E-state index < -0.39 is 51.6 Å². The van der Waals surface area contributed by atoms with E-state index in [0.717, 1.165) is 41.1 Å². The number of benzene rings is 3. The lowest BCUT2D eigenvalue weighted by atomic mass is 10.0. The molecule has 40 heavy (non-hydrogen) atoms. The Morgan fingerprint density at radius 2 is 1.52 bits per heavy atom. The lowest BCUT2D eigenvalue weighted by Gasteiger charge is -2.35. The van der Waals surface area contributed by atoms with E-state index in [2.05, 4.69) is 5.32 Å². The molecule has 0 saturated carbocycles. The van der Waals surface area contributed by atoms with Crippen molar-refractivity contribution < 1.29 is 26.8 Å². The van der Waals surface area contributed by atoms with Gasteiger partial charge in [0.05, 0.1) is 11.9 Å². The molecule has 0 heterocycles. The Balaban J connectivity index is 2.08. The summed E-state index contributed by atoms with van der Waals surface area (Å²) in [6.45, 7) is 6.70. The van der Waals surface area contributed by atoms with Crippen molar-refractivity contribution in [3.63, 3.8) is 0 Å². The molecule has 0 aliphatic carbocycles. The second kappa shape index (κ2) is 12.6. The number of carbonyl (C=O) groups is 2. The first-order valence-corrected chi connectivity index (χ1v) is 14.6. The smallest absolute Gasteiger partial charge is 0.244 e. The van der Waals surface area contributed by atoms with Crippen LogP contribution in [-0.2, 0) is 32.6 Å². The van der Waals surface area contributed by atoms with Crippen molar-refractivity contribution in [2.45, 2.75) is 52.2 Å². The second-order valence-electron chi connectivity index (χ2n) is 10.8. The molecule has 2 amide bonds. The molecule has 0 aromatic heterocycles. The largest absolute Gasteiger partial charge is 0.350 e. The number of aryl methyl sites for hydroxylation is 1. The summed E-state index contributed by atoms with van der Waals surface area (Å²) in [7, 11) is -4.09. The van der Waals surface area contributed by atoms with E-state index in [1.807, 2.05) is 82.3 Å². The third kappa shape index (κ3) is 8.61. The summed E-state index contributed by atoms with van der Waals surface area (Å²) in [6, 6.07) is 18.2. The first-order chi connectivity index (χ1) is 18.6. The van der Waals surface area contributed by atoms with Gasteiger partial charge in [0.2, 0.25) is 21.8 Å². The minimum atomic E-state index is -4.09. The second-order valence-corrected chi connectivity index (χ2v) is 12.7. The number of anilines is 1. The average molecular weight is 572 g/mol. The Bertz CT molecular complexity index is 1440. The maximum absolute atomic E-state index is 14.0. The lowest BCUT2D eigenvalue weighted by molar-refractivity contribution is -0.140. The van der Waals surface area contributed by atoms with Gasteiger partial charge in [0.15, 0.2) is 11.6 Å². The molecular formula is C30H35F2N3O4S. The zero-order valence-corrected chi connectivity index (χ0v) is 24.1. The molecule has 10 heteroatoms. The van der Waals surface area contributed by atoms with Gasteiger partial charge < -0.3 is 10.2 Å². The first-order valence-electron chi connectivity index (χ1n) is 12.8. The fourth-order valence-electron chi connectivity index (χ4n) is 4.15. The van der Waals surface area contributed by atoms with Gasteiger partial charge in [0.1, 0.15) is 12.6 Å². The Morgan fingerprint density at radius 1 is 0.900 bits per heavy atom. The summed E-state index contributed by atoms with van der Waals surface area (Å²) < 4.78 is 53.8. The van der Waals surface area contributed by atoms with Crippen LogP contribution < -0.4 is 9.62 Å². The van der Waals surface area contributed by atoms with E-state index in [4.69, 9.17) is 0 Å². The van der Waals surface area contributed by atoms with Gasteiger partial charge in [0, 0.05) is 24.6 Å². The molecule has 3 aromatic rings. The minimum absolute atomic E-state index is 0.0174.